The second-order valence-corrected chi connectivity index (χ2v) is 7.45. The molecular formula is C18H25NO. The molecule has 4 unspecified atom stereocenters. The van der Waals surface area contributed by atoms with Crippen molar-refractivity contribution < 1.29 is 4.79 Å². The Morgan fingerprint density at radius 2 is 1.90 bits per heavy atom. The lowest BCUT2D eigenvalue weighted by molar-refractivity contribution is -0.145. The third-order valence-corrected chi connectivity index (χ3v) is 5.05. The Kier molecular flexibility index (Phi) is 3.45. The first-order chi connectivity index (χ1) is 9.47. The van der Waals surface area contributed by atoms with Gasteiger partial charge in [0, 0.05) is 12.0 Å². The molecular weight excluding hydrogens is 246 g/mol. The quantitative estimate of drug-likeness (QED) is 0.822. The van der Waals surface area contributed by atoms with E-state index in [4.69, 9.17) is 0 Å². The van der Waals surface area contributed by atoms with Crippen LogP contribution in [0.2, 0.25) is 0 Å². The molecule has 4 atom stereocenters. The average molecular weight is 271 g/mol. The lowest BCUT2D eigenvalue weighted by atomic mass is 9.69. The molecule has 4 rings (SSSR count). The fourth-order valence-electron chi connectivity index (χ4n) is 3.96. The number of fused-ring (bicyclic) bond motifs is 3. The van der Waals surface area contributed by atoms with Crippen molar-refractivity contribution in [2.75, 3.05) is 6.54 Å². The van der Waals surface area contributed by atoms with Gasteiger partial charge in [-0.15, -0.1) is 0 Å². The van der Waals surface area contributed by atoms with Crippen molar-refractivity contribution in [1.82, 2.24) is 4.90 Å². The van der Waals surface area contributed by atoms with Crippen LogP contribution in [0.1, 0.15) is 39.2 Å². The normalized spacial score (nSPS) is 33.5. The molecule has 0 aliphatic carbocycles. The fourth-order valence-corrected chi connectivity index (χ4v) is 3.96. The van der Waals surface area contributed by atoms with Crippen LogP contribution >= 0.6 is 0 Å². The lowest BCUT2D eigenvalue weighted by Gasteiger charge is -2.54. The van der Waals surface area contributed by atoms with Crippen LogP contribution in [0.25, 0.3) is 0 Å². The van der Waals surface area contributed by atoms with Gasteiger partial charge in [-0.1, -0.05) is 51.1 Å². The minimum atomic E-state index is 0.106. The van der Waals surface area contributed by atoms with Gasteiger partial charge >= 0.3 is 0 Å². The van der Waals surface area contributed by atoms with Crippen LogP contribution in [0.15, 0.2) is 30.3 Å². The van der Waals surface area contributed by atoms with Gasteiger partial charge in [-0.3, -0.25) is 9.69 Å². The number of ketones is 1. The summed E-state index contributed by atoms with van der Waals surface area (Å²) in [5, 5.41) is 0. The third kappa shape index (κ3) is 2.42. The van der Waals surface area contributed by atoms with Crippen molar-refractivity contribution in [1.29, 1.82) is 0 Å². The molecule has 1 aromatic carbocycles. The second-order valence-electron chi connectivity index (χ2n) is 7.45. The smallest absolute Gasteiger partial charge is 0.153 e. The molecule has 0 spiro atoms. The molecule has 20 heavy (non-hydrogen) atoms. The zero-order valence-electron chi connectivity index (χ0n) is 12.8. The van der Waals surface area contributed by atoms with E-state index in [0.29, 0.717) is 17.7 Å². The first-order valence-electron chi connectivity index (χ1n) is 7.80. The molecule has 108 valence electrons. The van der Waals surface area contributed by atoms with Crippen LogP contribution in [0.5, 0.6) is 0 Å². The maximum absolute atomic E-state index is 12.6. The summed E-state index contributed by atoms with van der Waals surface area (Å²) in [6.07, 6.45) is 3.01. The number of benzene rings is 1. The number of Topliss-reactive ketones (excluding diaryl/α,β-unsaturated/α-hetero) is 1. The van der Waals surface area contributed by atoms with Gasteiger partial charge < -0.3 is 0 Å². The Hall–Kier alpha value is -1.15. The molecule has 0 aromatic heterocycles. The van der Waals surface area contributed by atoms with E-state index >= 15 is 0 Å². The molecule has 2 bridgehead atoms. The summed E-state index contributed by atoms with van der Waals surface area (Å²) in [4.78, 5) is 15.1. The summed E-state index contributed by atoms with van der Waals surface area (Å²) in [5.41, 5.74) is 1.54. The number of rotatable bonds is 2. The molecule has 2 heteroatoms. The SMILES string of the molecule is CC(C)(C)C1CC2CCN1C(Cc1ccccc1)C2=O. The van der Waals surface area contributed by atoms with Crippen LogP contribution < -0.4 is 0 Å². The standard InChI is InChI=1S/C18H25NO/c1-18(2,3)16-12-14-9-10-19(16)15(17(14)20)11-13-7-5-4-6-8-13/h4-8,14-16H,9-12H2,1-3H3. The van der Waals surface area contributed by atoms with Crippen molar-refractivity contribution >= 4 is 5.78 Å². The zero-order chi connectivity index (χ0) is 14.3. The van der Waals surface area contributed by atoms with Crippen LogP contribution in [-0.2, 0) is 11.2 Å². The topological polar surface area (TPSA) is 20.3 Å². The lowest BCUT2D eigenvalue weighted by Crippen LogP contribution is -2.63. The van der Waals surface area contributed by atoms with Crippen molar-refractivity contribution in [2.24, 2.45) is 11.3 Å². The molecule has 3 aliphatic rings. The first kappa shape index (κ1) is 13.8. The third-order valence-electron chi connectivity index (χ3n) is 5.05. The van der Waals surface area contributed by atoms with E-state index in [9.17, 15) is 4.79 Å². The zero-order valence-corrected chi connectivity index (χ0v) is 12.8. The van der Waals surface area contributed by atoms with Gasteiger partial charge in [-0.2, -0.15) is 0 Å². The Morgan fingerprint density at radius 1 is 1.20 bits per heavy atom. The predicted molar refractivity (Wildman–Crippen MR) is 81.6 cm³/mol. The maximum Gasteiger partial charge on any atom is 0.153 e. The van der Waals surface area contributed by atoms with E-state index in [-0.39, 0.29) is 11.5 Å². The van der Waals surface area contributed by atoms with Crippen LogP contribution in [0, 0.1) is 11.3 Å². The molecule has 0 saturated carbocycles. The number of piperidine rings is 3. The molecule has 1 aromatic rings. The Morgan fingerprint density at radius 3 is 2.55 bits per heavy atom. The predicted octanol–water partition coefficient (Wildman–Crippen LogP) is 3.31. The fraction of sp³-hybridized carbons (Fsp3) is 0.611. The highest BCUT2D eigenvalue weighted by atomic mass is 16.1. The Balaban J connectivity index is 1.84. The molecule has 3 aliphatic heterocycles. The molecule has 3 fully saturated rings. The summed E-state index contributed by atoms with van der Waals surface area (Å²) in [6.45, 7) is 8.02. The highest BCUT2D eigenvalue weighted by Crippen LogP contribution is 2.41. The first-order valence-corrected chi connectivity index (χ1v) is 7.80. The highest BCUT2D eigenvalue weighted by Gasteiger charge is 2.49. The van der Waals surface area contributed by atoms with Gasteiger partial charge in [0.2, 0.25) is 0 Å². The molecule has 2 nitrogen and oxygen atoms in total. The molecule has 0 radical (unpaired) electrons. The van der Waals surface area contributed by atoms with Gasteiger partial charge in [0.1, 0.15) is 0 Å². The van der Waals surface area contributed by atoms with E-state index in [2.05, 4.69) is 49.9 Å². The number of nitrogens with zero attached hydrogens (tertiary/aromatic N) is 1. The minimum Gasteiger partial charge on any atom is -0.298 e. The monoisotopic (exact) mass is 271 g/mol. The van der Waals surface area contributed by atoms with Crippen molar-refractivity contribution in [3.05, 3.63) is 35.9 Å². The largest absolute Gasteiger partial charge is 0.298 e. The van der Waals surface area contributed by atoms with Gasteiger partial charge in [0.15, 0.2) is 5.78 Å². The molecule has 3 heterocycles. The Labute approximate surface area is 122 Å². The summed E-state index contributed by atoms with van der Waals surface area (Å²) in [6, 6.07) is 11.1. The second kappa shape index (κ2) is 5.00. The van der Waals surface area contributed by atoms with Crippen molar-refractivity contribution in [2.45, 2.75) is 52.1 Å². The van der Waals surface area contributed by atoms with Crippen molar-refractivity contribution in [3.63, 3.8) is 0 Å². The number of carbonyl (C=O) groups is 1. The number of hydrogen-bond acceptors (Lipinski definition) is 2. The summed E-state index contributed by atoms with van der Waals surface area (Å²) in [7, 11) is 0. The summed E-state index contributed by atoms with van der Waals surface area (Å²) < 4.78 is 0. The molecule has 0 N–H and O–H groups in total. The van der Waals surface area contributed by atoms with E-state index in [1.54, 1.807) is 0 Å². The summed E-state index contributed by atoms with van der Waals surface area (Å²) in [5.74, 6) is 0.790. The molecule has 0 amide bonds. The van der Waals surface area contributed by atoms with E-state index in [1.165, 1.54) is 5.56 Å². The summed E-state index contributed by atoms with van der Waals surface area (Å²) >= 11 is 0. The van der Waals surface area contributed by atoms with Crippen LogP contribution in [0.4, 0.5) is 0 Å². The van der Waals surface area contributed by atoms with E-state index in [0.717, 1.165) is 25.8 Å². The van der Waals surface area contributed by atoms with Crippen LogP contribution in [0.3, 0.4) is 0 Å². The molecule has 3 saturated heterocycles. The van der Waals surface area contributed by atoms with Gasteiger partial charge in [-0.25, -0.2) is 0 Å². The van der Waals surface area contributed by atoms with E-state index in [1.807, 2.05) is 6.07 Å². The van der Waals surface area contributed by atoms with Gasteiger partial charge in [0.25, 0.3) is 0 Å². The van der Waals surface area contributed by atoms with E-state index < -0.39 is 0 Å². The maximum atomic E-state index is 12.6. The highest BCUT2D eigenvalue weighted by molar-refractivity contribution is 5.88. The van der Waals surface area contributed by atoms with Crippen molar-refractivity contribution in [3.8, 4) is 0 Å². The van der Waals surface area contributed by atoms with Crippen LogP contribution in [-0.4, -0.2) is 29.3 Å². The van der Waals surface area contributed by atoms with Gasteiger partial charge in [-0.05, 0) is 36.8 Å². The minimum absolute atomic E-state index is 0.106. The Bertz CT molecular complexity index is 488. The number of hydrogen-bond donors (Lipinski definition) is 0. The average Bonchev–Trinajstić information content (AvgIpc) is 2.43. The van der Waals surface area contributed by atoms with Gasteiger partial charge in [0.05, 0.1) is 6.04 Å². The number of carbonyl (C=O) groups excluding carboxylic acids is 1.